The van der Waals surface area contributed by atoms with Crippen molar-refractivity contribution in [2.75, 3.05) is 0 Å². The Balaban J connectivity index is 2.91. The van der Waals surface area contributed by atoms with E-state index in [9.17, 15) is 0 Å². The molecule has 0 radical (unpaired) electrons. The van der Waals surface area contributed by atoms with E-state index < -0.39 is 0 Å². The summed E-state index contributed by atoms with van der Waals surface area (Å²) < 4.78 is 0. The fourth-order valence-corrected chi connectivity index (χ4v) is 2.28. The second-order valence-electron chi connectivity index (χ2n) is 4.78. The van der Waals surface area contributed by atoms with Crippen LogP contribution in [0.2, 0.25) is 0 Å². The van der Waals surface area contributed by atoms with Crippen LogP contribution in [-0.2, 0) is 0 Å². The minimum Gasteiger partial charge on any atom is -0.0836 e. The Labute approximate surface area is 82.7 Å². The molecule has 74 valence electrons. The molecule has 0 saturated carbocycles. The fraction of sp³-hybridized carbons (Fsp3) is 0.692. The molecule has 0 saturated heterocycles. The van der Waals surface area contributed by atoms with Crippen LogP contribution in [0.25, 0.3) is 0 Å². The molecule has 0 bridgehead atoms. The molecule has 0 aliphatic heterocycles. The van der Waals surface area contributed by atoms with Gasteiger partial charge in [0.2, 0.25) is 0 Å². The molecular weight excluding hydrogens is 156 g/mol. The maximum absolute atomic E-state index is 2.34. The fourth-order valence-electron chi connectivity index (χ4n) is 2.28. The molecular formula is C13H22. The molecule has 0 aromatic heterocycles. The van der Waals surface area contributed by atoms with Gasteiger partial charge in [0, 0.05) is 0 Å². The first-order valence-corrected chi connectivity index (χ1v) is 5.41. The highest BCUT2D eigenvalue weighted by Crippen LogP contribution is 2.33. The largest absolute Gasteiger partial charge is 0.0836 e. The van der Waals surface area contributed by atoms with Gasteiger partial charge in [-0.3, -0.25) is 0 Å². The first-order chi connectivity index (χ1) is 6.04. The van der Waals surface area contributed by atoms with Gasteiger partial charge in [-0.2, -0.15) is 0 Å². The van der Waals surface area contributed by atoms with Gasteiger partial charge in [0.05, 0.1) is 0 Å². The molecule has 0 spiro atoms. The monoisotopic (exact) mass is 178 g/mol. The summed E-state index contributed by atoms with van der Waals surface area (Å²) in [6.07, 6.45) is 5.89. The van der Waals surface area contributed by atoms with E-state index in [0.29, 0.717) is 5.92 Å². The summed E-state index contributed by atoms with van der Waals surface area (Å²) >= 11 is 0. The quantitative estimate of drug-likeness (QED) is 0.594. The van der Waals surface area contributed by atoms with Crippen molar-refractivity contribution in [2.24, 2.45) is 17.8 Å². The van der Waals surface area contributed by atoms with Crippen LogP contribution in [0.5, 0.6) is 0 Å². The predicted molar refractivity (Wildman–Crippen MR) is 59.6 cm³/mol. The van der Waals surface area contributed by atoms with Crippen LogP contribution >= 0.6 is 0 Å². The molecule has 1 aliphatic rings. The zero-order chi connectivity index (χ0) is 10.0. The third-order valence-electron chi connectivity index (χ3n) is 3.13. The average Bonchev–Trinajstić information content (AvgIpc) is 2.03. The maximum Gasteiger partial charge on any atom is -0.0142 e. The van der Waals surface area contributed by atoms with Gasteiger partial charge in [-0.05, 0) is 36.7 Å². The van der Waals surface area contributed by atoms with E-state index in [-0.39, 0.29) is 0 Å². The van der Waals surface area contributed by atoms with Crippen molar-refractivity contribution in [3.63, 3.8) is 0 Å². The first kappa shape index (κ1) is 10.6. The molecule has 0 aromatic rings. The highest BCUT2D eigenvalue weighted by Gasteiger charge is 2.20. The van der Waals surface area contributed by atoms with Gasteiger partial charge in [0.15, 0.2) is 0 Å². The summed E-state index contributed by atoms with van der Waals surface area (Å²) in [5.41, 5.74) is 3.18. The minimum atomic E-state index is 0.679. The second kappa shape index (κ2) is 4.13. The lowest BCUT2D eigenvalue weighted by Gasteiger charge is -2.27. The second-order valence-corrected chi connectivity index (χ2v) is 4.78. The molecule has 0 amide bonds. The highest BCUT2D eigenvalue weighted by atomic mass is 14.3. The molecule has 0 heterocycles. The Bertz CT molecular complexity index is 228. The SMILES string of the molecule is CC1=C(C(C)C)C=CC[C@H]1C(C)C. The summed E-state index contributed by atoms with van der Waals surface area (Å²) in [4.78, 5) is 0. The van der Waals surface area contributed by atoms with E-state index in [2.05, 4.69) is 46.8 Å². The summed E-state index contributed by atoms with van der Waals surface area (Å²) in [5.74, 6) is 2.24. The highest BCUT2D eigenvalue weighted by molar-refractivity contribution is 5.32. The van der Waals surface area contributed by atoms with Gasteiger partial charge in [0.1, 0.15) is 0 Å². The zero-order valence-electron chi connectivity index (χ0n) is 9.59. The Morgan fingerprint density at radius 3 is 2.31 bits per heavy atom. The lowest BCUT2D eigenvalue weighted by Crippen LogP contribution is -2.15. The van der Waals surface area contributed by atoms with Crippen LogP contribution in [0, 0.1) is 17.8 Å². The molecule has 1 aliphatic carbocycles. The van der Waals surface area contributed by atoms with E-state index in [0.717, 1.165) is 11.8 Å². The minimum absolute atomic E-state index is 0.679. The lowest BCUT2D eigenvalue weighted by atomic mass is 9.78. The summed E-state index contributed by atoms with van der Waals surface area (Å²) in [6.45, 7) is 11.5. The maximum atomic E-state index is 2.34. The molecule has 1 rings (SSSR count). The topological polar surface area (TPSA) is 0 Å². The molecule has 0 unspecified atom stereocenters. The van der Waals surface area contributed by atoms with Crippen LogP contribution in [0.1, 0.15) is 41.0 Å². The standard InChI is InChI=1S/C13H22/c1-9(2)12-7-6-8-13(10(3)4)11(12)5/h6-7,9-10,13H,8H2,1-5H3/t13-/m0/s1. The van der Waals surface area contributed by atoms with Crippen LogP contribution < -0.4 is 0 Å². The van der Waals surface area contributed by atoms with Gasteiger partial charge in [-0.1, -0.05) is 45.4 Å². The summed E-state index contributed by atoms with van der Waals surface area (Å²) in [7, 11) is 0. The molecule has 0 nitrogen and oxygen atoms in total. The van der Waals surface area contributed by atoms with Crippen molar-refractivity contribution in [2.45, 2.75) is 41.0 Å². The van der Waals surface area contributed by atoms with E-state index in [1.54, 1.807) is 11.1 Å². The predicted octanol–water partition coefficient (Wildman–Crippen LogP) is 4.19. The summed E-state index contributed by atoms with van der Waals surface area (Å²) in [5, 5.41) is 0. The Hall–Kier alpha value is -0.520. The smallest absolute Gasteiger partial charge is 0.0142 e. The molecule has 0 heteroatoms. The number of hydrogen-bond donors (Lipinski definition) is 0. The van der Waals surface area contributed by atoms with Crippen molar-refractivity contribution in [3.05, 3.63) is 23.3 Å². The van der Waals surface area contributed by atoms with Crippen molar-refractivity contribution in [1.29, 1.82) is 0 Å². The third kappa shape index (κ3) is 2.24. The Morgan fingerprint density at radius 2 is 1.85 bits per heavy atom. The van der Waals surface area contributed by atoms with Crippen LogP contribution in [-0.4, -0.2) is 0 Å². The third-order valence-corrected chi connectivity index (χ3v) is 3.13. The van der Waals surface area contributed by atoms with Gasteiger partial charge >= 0.3 is 0 Å². The number of hydrogen-bond acceptors (Lipinski definition) is 0. The van der Waals surface area contributed by atoms with Crippen molar-refractivity contribution in [3.8, 4) is 0 Å². The van der Waals surface area contributed by atoms with Crippen LogP contribution in [0.15, 0.2) is 23.3 Å². The van der Waals surface area contributed by atoms with E-state index >= 15 is 0 Å². The molecule has 0 N–H and O–H groups in total. The normalized spacial score (nSPS) is 23.5. The van der Waals surface area contributed by atoms with Gasteiger partial charge < -0.3 is 0 Å². The van der Waals surface area contributed by atoms with E-state index in [1.165, 1.54) is 6.42 Å². The number of rotatable bonds is 2. The van der Waals surface area contributed by atoms with E-state index in [1.807, 2.05) is 0 Å². The summed E-state index contributed by atoms with van der Waals surface area (Å²) in [6, 6.07) is 0. The van der Waals surface area contributed by atoms with Crippen molar-refractivity contribution < 1.29 is 0 Å². The lowest BCUT2D eigenvalue weighted by molar-refractivity contribution is 0.436. The van der Waals surface area contributed by atoms with Crippen LogP contribution in [0.4, 0.5) is 0 Å². The van der Waals surface area contributed by atoms with Gasteiger partial charge in [-0.15, -0.1) is 0 Å². The molecule has 13 heavy (non-hydrogen) atoms. The van der Waals surface area contributed by atoms with E-state index in [4.69, 9.17) is 0 Å². The number of allylic oxidation sites excluding steroid dienone is 4. The molecule has 0 fully saturated rings. The molecule has 0 aromatic carbocycles. The van der Waals surface area contributed by atoms with Gasteiger partial charge in [0.25, 0.3) is 0 Å². The first-order valence-electron chi connectivity index (χ1n) is 5.41. The average molecular weight is 178 g/mol. The van der Waals surface area contributed by atoms with Crippen molar-refractivity contribution >= 4 is 0 Å². The Morgan fingerprint density at radius 1 is 1.23 bits per heavy atom. The van der Waals surface area contributed by atoms with Gasteiger partial charge in [-0.25, -0.2) is 0 Å². The zero-order valence-corrected chi connectivity index (χ0v) is 9.59. The van der Waals surface area contributed by atoms with Crippen molar-refractivity contribution in [1.82, 2.24) is 0 Å². The van der Waals surface area contributed by atoms with Crippen LogP contribution in [0.3, 0.4) is 0 Å². The Kier molecular flexibility index (Phi) is 3.35. The molecule has 1 atom stereocenters.